The summed E-state index contributed by atoms with van der Waals surface area (Å²) in [6, 6.07) is 30.3. The molecule has 23 heavy (non-hydrogen) atoms. The monoisotopic (exact) mass is 301 g/mol. The Morgan fingerprint density at radius 3 is 1.35 bits per heavy atom. The number of anilines is 1. The molecule has 0 heterocycles. The maximum absolute atomic E-state index is 2.31. The summed E-state index contributed by atoms with van der Waals surface area (Å²) in [4.78, 5) is 2.13. The molecule has 0 N–H and O–H groups in total. The first-order valence-electron chi connectivity index (χ1n) is 8.01. The van der Waals surface area contributed by atoms with E-state index in [-0.39, 0.29) is 5.41 Å². The third-order valence-electron chi connectivity index (χ3n) is 4.66. The van der Waals surface area contributed by atoms with Gasteiger partial charge in [0.15, 0.2) is 0 Å². The van der Waals surface area contributed by atoms with Crippen LogP contribution >= 0.6 is 0 Å². The molecule has 1 heteroatoms. The first-order chi connectivity index (χ1) is 11.1. The van der Waals surface area contributed by atoms with Crippen LogP contribution in [0, 0.1) is 0 Å². The Kier molecular flexibility index (Phi) is 4.20. The van der Waals surface area contributed by atoms with Crippen molar-refractivity contribution in [1.29, 1.82) is 0 Å². The minimum absolute atomic E-state index is 0.159. The highest BCUT2D eigenvalue weighted by molar-refractivity contribution is 5.53. The summed E-state index contributed by atoms with van der Waals surface area (Å²) in [5.74, 6) is 0. The predicted octanol–water partition coefficient (Wildman–Crippen LogP) is 5.11. The lowest BCUT2D eigenvalue weighted by molar-refractivity contribution is 0.692. The van der Waals surface area contributed by atoms with Gasteiger partial charge < -0.3 is 4.90 Å². The largest absolute Gasteiger partial charge is 0.378 e. The molecule has 0 atom stereocenters. The van der Waals surface area contributed by atoms with E-state index in [9.17, 15) is 0 Å². The first kappa shape index (κ1) is 15.4. The molecule has 0 unspecified atom stereocenters. The summed E-state index contributed by atoms with van der Waals surface area (Å²) in [5, 5.41) is 0. The number of rotatable bonds is 4. The van der Waals surface area contributed by atoms with Crippen LogP contribution in [0.25, 0.3) is 0 Å². The average Bonchev–Trinajstić information content (AvgIpc) is 2.62. The van der Waals surface area contributed by atoms with Gasteiger partial charge in [0.25, 0.3) is 0 Å². The van der Waals surface area contributed by atoms with E-state index >= 15 is 0 Å². The second kappa shape index (κ2) is 6.29. The molecule has 3 aromatic rings. The van der Waals surface area contributed by atoms with Crippen LogP contribution in [0.3, 0.4) is 0 Å². The molecule has 0 aliphatic heterocycles. The Morgan fingerprint density at radius 1 is 0.565 bits per heavy atom. The molecule has 116 valence electrons. The van der Waals surface area contributed by atoms with E-state index in [1.807, 2.05) is 0 Å². The van der Waals surface area contributed by atoms with Gasteiger partial charge in [0.05, 0.1) is 0 Å². The highest BCUT2D eigenvalue weighted by Gasteiger charge is 2.30. The summed E-state index contributed by atoms with van der Waals surface area (Å²) < 4.78 is 0. The zero-order valence-electron chi connectivity index (χ0n) is 14.0. The van der Waals surface area contributed by atoms with E-state index in [1.165, 1.54) is 22.4 Å². The minimum Gasteiger partial charge on any atom is -0.378 e. The molecule has 0 spiro atoms. The van der Waals surface area contributed by atoms with Gasteiger partial charge >= 0.3 is 0 Å². The van der Waals surface area contributed by atoms with Gasteiger partial charge in [-0.1, -0.05) is 72.8 Å². The maximum atomic E-state index is 2.31. The van der Waals surface area contributed by atoms with E-state index in [2.05, 4.69) is 111 Å². The van der Waals surface area contributed by atoms with Crippen LogP contribution < -0.4 is 4.90 Å². The van der Waals surface area contributed by atoms with Crippen LogP contribution in [0.15, 0.2) is 84.9 Å². The molecular formula is C22H23N. The number of hydrogen-bond donors (Lipinski definition) is 0. The molecule has 3 rings (SSSR count). The van der Waals surface area contributed by atoms with Crippen molar-refractivity contribution in [3.8, 4) is 0 Å². The van der Waals surface area contributed by atoms with Gasteiger partial charge in [0, 0.05) is 25.2 Å². The van der Waals surface area contributed by atoms with Crippen molar-refractivity contribution in [3.63, 3.8) is 0 Å². The molecule has 0 fully saturated rings. The average molecular weight is 301 g/mol. The first-order valence-corrected chi connectivity index (χ1v) is 8.01. The SMILES string of the molecule is CN(C)c1ccc(C(C)(c2ccccc2)c2ccccc2)cc1. The summed E-state index contributed by atoms with van der Waals surface area (Å²) in [5.41, 5.74) is 4.98. The van der Waals surface area contributed by atoms with Crippen molar-refractivity contribution in [2.75, 3.05) is 19.0 Å². The minimum atomic E-state index is -0.159. The van der Waals surface area contributed by atoms with Crippen LogP contribution in [0.1, 0.15) is 23.6 Å². The number of hydrogen-bond acceptors (Lipinski definition) is 1. The van der Waals surface area contributed by atoms with E-state index < -0.39 is 0 Å². The normalized spacial score (nSPS) is 11.3. The topological polar surface area (TPSA) is 3.24 Å². The van der Waals surface area contributed by atoms with Crippen LogP contribution in [0.5, 0.6) is 0 Å². The number of benzene rings is 3. The molecule has 0 aromatic heterocycles. The molecule has 0 amide bonds. The van der Waals surface area contributed by atoms with Crippen LogP contribution in [0.4, 0.5) is 5.69 Å². The standard InChI is InChI=1S/C22H23N/c1-22(18-10-6-4-7-11-18,19-12-8-5-9-13-19)20-14-16-21(17-15-20)23(2)3/h4-17H,1-3H3. The third kappa shape index (κ3) is 2.87. The highest BCUT2D eigenvalue weighted by Crippen LogP contribution is 2.39. The van der Waals surface area contributed by atoms with E-state index in [4.69, 9.17) is 0 Å². The third-order valence-corrected chi connectivity index (χ3v) is 4.66. The molecule has 0 saturated heterocycles. The van der Waals surface area contributed by atoms with Crippen molar-refractivity contribution in [1.82, 2.24) is 0 Å². The Balaban J connectivity index is 2.16. The zero-order valence-corrected chi connectivity index (χ0v) is 14.0. The Labute approximate surface area is 139 Å². The van der Waals surface area contributed by atoms with Crippen molar-refractivity contribution < 1.29 is 0 Å². The van der Waals surface area contributed by atoms with Gasteiger partial charge in [0.1, 0.15) is 0 Å². The van der Waals surface area contributed by atoms with E-state index in [0.717, 1.165) is 0 Å². The summed E-state index contributed by atoms with van der Waals surface area (Å²) in [6.45, 7) is 2.31. The molecule has 1 nitrogen and oxygen atoms in total. The fourth-order valence-corrected chi connectivity index (χ4v) is 3.14. The molecule has 0 aliphatic carbocycles. The second-order valence-electron chi connectivity index (χ2n) is 6.30. The summed E-state index contributed by atoms with van der Waals surface area (Å²) in [6.07, 6.45) is 0. The Bertz CT molecular complexity index is 703. The van der Waals surface area contributed by atoms with Gasteiger partial charge in [-0.2, -0.15) is 0 Å². The Hall–Kier alpha value is -2.54. The van der Waals surface area contributed by atoms with Gasteiger partial charge in [-0.25, -0.2) is 0 Å². The van der Waals surface area contributed by atoms with Gasteiger partial charge in [-0.15, -0.1) is 0 Å². The molecular weight excluding hydrogens is 278 g/mol. The van der Waals surface area contributed by atoms with Crippen molar-refractivity contribution in [2.24, 2.45) is 0 Å². The lowest BCUT2D eigenvalue weighted by atomic mass is 9.71. The molecule has 0 aliphatic rings. The fraction of sp³-hybridized carbons (Fsp3) is 0.182. The lowest BCUT2D eigenvalue weighted by Gasteiger charge is -2.32. The lowest BCUT2D eigenvalue weighted by Crippen LogP contribution is -2.25. The molecule has 0 bridgehead atoms. The smallest absolute Gasteiger partial charge is 0.0423 e. The predicted molar refractivity (Wildman–Crippen MR) is 99.2 cm³/mol. The van der Waals surface area contributed by atoms with Crippen LogP contribution in [-0.4, -0.2) is 14.1 Å². The second-order valence-corrected chi connectivity index (χ2v) is 6.30. The molecule has 3 aromatic carbocycles. The summed E-state index contributed by atoms with van der Waals surface area (Å²) in [7, 11) is 4.14. The van der Waals surface area contributed by atoms with Gasteiger partial charge in [-0.05, 0) is 35.7 Å². The van der Waals surface area contributed by atoms with E-state index in [0.29, 0.717) is 0 Å². The number of nitrogens with zero attached hydrogens (tertiary/aromatic N) is 1. The van der Waals surface area contributed by atoms with Crippen molar-refractivity contribution >= 4 is 5.69 Å². The van der Waals surface area contributed by atoms with E-state index in [1.54, 1.807) is 0 Å². The Morgan fingerprint density at radius 2 is 0.957 bits per heavy atom. The quantitative estimate of drug-likeness (QED) is 0.605. The van der Waals surface area contributed by atoms with Crippen LogP contribution in [0.2, 0.25) is 0 Å². The van der Waals surface area contributed by atoms with Gasteiger partial charge in [0.2, 0.25) is 0 Å². The van der Waals surface area contributed by atoms with Gasteiger partial charge in [-0.3, -0.25) is 0 Å². The fourth-order valence-electron chi connectivity index (χ4n) is 3.14. The molecule has 0 saturated carbocycles. The van der Waals surface area contributed by atoms with Crippen LogP contribution in [-0.2, 0) is 5.41 Å². The highest BCUT2D eigenvalue weighted by atomic mass is 15.1. The van der Waals surface area contributed by atoms with Crippen molar-refractivity contribution in [3.05, 3.63) is 102 Å². The summed E-state index contributed by atoms with van der Waals surface area (Å²) >= 11 is 0. The van der Waals surface area contributed by atoms with Crippen molar-refractivity contribution in [2.45, 2.75) is 12.3 Å². The zero-order chi connectivity index (χ0) is 16.3. The maximum Gasteiger partial charge on any atom is 0.0423 e. The molecule has 0 radical (unpaired) electrons.